The van der Waals surface area contributed by atoms with Crippen molar-refractivity contribution >= 4 is 38.5 Å². The molecule has 0 radical (unpaired) electrons. The van der Waals surface area contributed by atoms with Crippen molar-refractivity contribution in [1.82, 2.24) is 0 Å². The molecule has 0 heterocycles. The Kier molecular flexibility index (Phi) is 2.85. The van der Waals surface area contributed by atoms with E-state index < -0.39 is 11.8 Å². The maximum Gasteiger partial charge on any atom is 0.377 e. The molecule has 5 heteroatoms. The number of carboxylic acids is 1. The molecule has 86 valence electrons. The molecule has 2 rings (SSSR count). The van der Waals surface area contributed by atoms with Gasteiger partial charge in [-0.1, -0.05) is 28.1 Å². The van der Waals surface area contributed by atoms with Gasteiger partial charge in [-0.2, -0.15) is 0 Å². The number of Topliss-reactive ketones (excluding diaryl/α,β-unsaturated/α-hetero) is 1. The van der Waals surface area contributed by atoms with Crippen LogP contribution in [0.3, 0.4) is 0 Å². The lowest BCUT2D eigenvalue weighted by Crippen LogP contribution is -2.13. The summed E-state index contributed by atoms with van der Waals surface area (Å²) in [5.74, 6) is -3.03. The zero-order valence-corrected chi connectivity index (χ0v) is 10.1. The van der Waals surface area contributed by atoms with Gasteiger partial charge in [0.05, 0.1) is 5.56 Å². The van der Waals surface area contributed by atoms with Crippen molar-refractivity contribution in [2.75, 3.05) is 0 Å². The van der Waals surface area contributed by atoms with Gasteiger partial charge in [0.25, 0.3) is 5.78 Å². The number of rotatable bonds is 2. The van der Waals surface area contributed by atoms with Crippen LogP contribution in [0, 0.1) is 0 Å². The van der Waals surface area contributed by atoms with Gasteiger partial charge in [-0.15, -0.1) is 0 Å². The lowest BCUT2D eigenvalue weighted by Gasteiger charge is -2.06. The molecule has 0 aromatic heterocycles. The zero-order valence-electron chi connectivity index (χ0n) is 8.48. The minimum atomic E-state index is -1.59. The van der Waals surface area contributed by atoms with Crippen LogP contribution in [0.2, 0.25) is 0 Å². The number of aliphatic carboxylic acids is 1. The molecule has 0 aliphatic heterocycles. The first-order valence-corrected chi connectivity index (χ1v) is 5.49. The van der Waals surface area contributed by atoms with Crippen molar-refractivity contribution in [2.45, 2.75) is 0 Å². The van der Waals surface area contributed by atoms with Crippen molar-refractivity contribution in [2.24, 2.45) is 0 Å². The number of hydrogen-bond acceptors (Lipinski definition) is 3. The van der Waals surface area contributed by atoms with Crippen LogP contribution in [0.15, 0.2) is 34.8 Å². The second-order valence-corrected chi connectivity index (χ2v) is 4.38. The normalized spacial score (nSPS) is 10.4. The van der Waals surface area contributed by atoms with Crippen LogP contribution in [0.25, 0.3) is 10.8 Å². The summed E-state index contributed by atoms with van der Waals surface area (Å²) in [5.41, 5.74) is -0.178. The number of carboxylic acid groups (broad SMARTS) is 1. The molecular formula is C12H7BrO4. The maximum absolute atomic E-state index is 11.5. The first-order chi connectivity index (χ1) is 8.00. The Labute approximate surface area is 105 Å². The molecule has 4 nitrogen and oxygen atoms in total. The Morgan fingerprint density at radius 1 is 1.12 bits per heavy atom. The Bertz CT molecular complexity index is 634. The average Bonchev–Trinajstić information content (AvgIpc) is 2.28. The van der Waals surface area contributed by atoms with Crippen LogP contribution < -0.4 is 0 Å². The van der Waals surface area contributed by atoms with Gasteiger partial charge in [0.2, 0.25) is 0 Å². The van der Waals surface area contributed by atoms with Crippen molar-refractivity contribution in [3.63, 3.8) is 0 Å². The predicted molar refractivity (Wildman–Crippen MR) is 65.3 cm³/mol. The quantitative estimate of drug-likeness (QED) is 0.659. The van der Waals surface area contributed by atoms with E-state index >= 15 is 0 Å². The van der Waals surface area contributed by atoms with E-state index in [1.54, 1.807) is 24.3 Å². The number of carbonyl (C=O) groups excluding carboxylic acids is 1. The van der Waals surface area contributed by atoms with Crippen LogP contribution in [0.1, 0.15) is 10.4 Å². The summed E-state index contributed by atoms with van der Waals surface area (Å²) in [6.07, 6.45) is 0. The summed E-state index contributed by atoms with van der Waals surface area (Å²) in [5, 5.41) is 19.4. The van der Waals surface area contributed by atoms with E-state index in [4.69, 9.17) is 5.11 Å². The van der Waals surface area contributed by atoms with Crippen LogP contribution >= 0.6 is 15.9 Å². The molecule has 2 aromatic rings. The van der Waals surface area contributed by atoms with Crippen molar-refractivity contribution < 1.29 is 19.8 Å². The van der Waals surface area contributed by atoms with Crippen molar-refractivity contribution in [3.8, 4) is 5.75 Å². The van der Waals surface area contributed by atoms with Gasteiger partial charge in [-0.3, -0.25) is 4.79 Å². The fourth-order valence-corrected chi connectivity index (χ4v) is 2.01. The highest BCUT2D eigenvalue weighted by atomic mass is 79.9. The van der Waals surface area contributed by atoms with Crippen LogP contribution in [-0.2, 0) is 4.79 Å². The van der Waals surface area contributed by atoms with Crippen LogP contribution in [0.4, 0.5) is 0 Å². The van der Waals surface area contributed by atoms with Crippen molar-refractivity contribution in [1.29, 1.82) is 0 Å². The highest BCUT2D eigenvalue weighted by molar-refractivity contribution is 9.10. The van der Waals surface area contributed by atoms with E-state index in [9.17, 15) is 14.7 Å². The van der Waals surface area contributed by atoms with Gasteiger partial charge >= 0.3 is 5.97 Å². The molecule has 2 N–H and O–H groups in total. The summed E-state index contributed by atoms with van der Waals surface area (Å²) >= 11 is 3.28. The van der Waals surface area contributed by atoms with Gasteiger partial charge in [-0.25, -0.2) is 4.79 Å². The minimum Gasteiger partial charge on any atom is -0.507 e. The smallest absolute Gasteiger partial charge is 0.377 e. The molecule has 0 fully saturated rings. The first kappa shape index (κ1) is 11.6. The third kappa shape index (κ3) is 2.01. The van der Waals surface area contributed by atoms with E-state index in [1.807, 2.05) is 0 Å². The summed E-state index contributed by atoms with van der Waals surface area (Å²) in [7, 11) is 0. The van der Waals surface area contributed by atoms with E-state index in [-0.39, 0.29) is 11.3 Å². The Hall–Kier alpha value is -1.88. The monoisotopic (exact) mass is 294 g/mol. The molecule has 0 aliphatic rings. The lowest BCUT2D eigenvalue weighted by atomic mass is 10.0. The van der Waals surface area contributed by atoms with E-state index in [1.165, 1.54) is 6.07 Å². The van der Waals surface area contributed by atoms with Gasteiger partial charge in [0.15, 0.2) is 0 Å². The Balaban J connectivity index is 2.81. The number of halogens is 1. The topological polar surface area (TPSA) is 74.6 Å². The summed E-state index contributed by atoms with van der Waals surface area (Å²) in [6, 6.07) is 7.95. The van der Waals surface area contributed by atoms with Crippen molar-refractivity contribution in [3.05, 3.63) is 40.4 Å². The standard InChI is InChI=1S/C12H7BrO4/c13-7-2-3-8-6(5-7)1-4-9(14)10(8)11(15)12(16)17/h1-5,14H,(H,16,17). The Morgan fingerprint density at radius 3 is 2.47 bits per heavy atom. The van der Waals surface area contributed by atoms with Gasteiger partial charge in [-0.05, 0) is 29.0 Å². The zero-order chi connectivity index (χ0) is 12.6. The summed E-state index contributed by atoms with van der Waals surface area (Å²) < 4.78 is 0.810. The first-order valence-electron chi connectivity index (χ1n) is 4.69. The molecule has 0 amide bonds. The second kappa shape index (κ2) is 4.18. The number of carbonyl (C=O) groups is 2. The molecule has 0 spiro atoms. The molecule has 0 saturated carbocycles. The lowest BCUT2D eigenvalue weighted by molar-refractivity contribution is -0.131. The average molecular weight is 295 g/mol. The molecular weight excluding hydrogens is 288 g/mol. The molecule has 17 heavy (non-hydrogen) atoms. The number of phenols is 1. The van der Waals surface area contributed by atoms with Gasteiger partial charge < -0.3 is 10.2 Å². The predicted octanol–water partition coefficient (Wildman–Crippen LogP) is 2.58. The van der Waals surface area contributed by atoms with E-state index in [0.29, 0.717) is 10.8 Å². The van der Waals surface area contributed by atoms with Gasteiger partial charge in [0, 0.05) is 4.47 Å². The number of phenolic OH excluding ortho intramolecular Hbond substituents is 1. The maximum atomic E-state index is 11.5. The Morgan fingerprint density at radius 2 is 1.82 bits per heavy atom. The largest absolute Gasteiger partial charge is 0.507 e. The molecule has 0 atom stereocenters. The molecule has 0 aliphatic carbocycles. The summed E-state index contributed by atoms with van der Waals surface area (Å²) in [6.45, 7) is 0. The third-order valence-corrected chi connectivity index (χ3v) is 2.87. The van der Waals surface area contributed by atoms with E-state index in [2.05, 4.69) is 15.9 Å². The molecule has 0 unspecified atom stereocenters. The van der Waals surface area contributed by atoms with Crippen LogP contribution in [0.5, 0.6) is 5.75 Å². The van der Waals surface area contributed by atoms with E-state index in [0.717, 1.165) is 4.47 Å². The fraction of sp³-hybridized carbons (Fsp3) is 0. The SMILES string of the molecule is O=C(O)C(=O)c1c(O)ccc2cc(Br)ccc12. The molecule has 2 aromatic carbocycles. The van der Waals surface area contributed by atoms with Crippen LogP contribution in [-0.4, -0.2) is 22.0 Å². The molecule has 0 saturated heterocycles. The number of benzene rings is 2. The number of ketones is 1. The number of aromatic hydroxyl groups is 1. The summed E-state index contributed by atoms with van der Waals surface area (Å²) in [4.78, 5) is 22.2. The number of hydrogen-bond donors (Lipinski definition) is 2. The second-order valence-electron chi connectivity index (χ2n) is 3.46. The highest BCUT2D eigenvalue weighted by Crippen LogP contribution is 2.29. The highest BCUT2D eigenvalue weighted by Gasteiger charge is 2.21. The number of fused-ring (bicyclic) bond motifs is 1. The minimum absolute atomic E-state index is 0.178. The fourth-order valence-electron chi connectivity index (χ4n) is 1.63. The molecule has 0 bridgehead atoms. The van der Waals surface area contributed by atoms with Gasteiger partial charge in [0.1, 0.15) is 5.75 Å². The third-order valence-electron chi connectivity index (χ3n) is 2.38.